The van der Waals surface area contributed by atoms with E-state index in [1.165, 1.54) is 0 Å². The number of aliphatic hydroxyl groups is 1. The highest BCUT2D eigenvalue weighted by atomic mass is 79.9. The topological polar surface area (TPSA) is 38.7 Å². The van der Waals surface area contributed by atoms with E-state index in [4.69, 9.17) is 9.47 Å². The molecule has 3 rings (SSSR count). The molecule has 4 heteroatoms. The summed E-state index contributed by atoms with van der Waals surface area (Å²) in [5.74, 6) is 0. The molecule has 0 atom stereocenters. The second-order valence-electron chi connectivity index (χ2n) is 6.45. The number of hydrogen-bond donors (Lipinski definition) is 1. The van der Waals surface area contributed by atoms with Crippen molar-refractivity contribution in [3.05, 3.63) is 70.2 Å². The van der Waals surface area contributed by atoms with E-state index in [1.807, 2.05) is 42.5 Å². The van der Waals surface area contributed by atoms with Crippen molar-refractivity contribution in [1.29, 1.82) is 0 Å². The number of benzene rings is 2. The number of halogens is 1. The van der Waals surface area contributed by atoms with Crippen LogP contribution in [0.2, 0.25) is 0 Å². The fraction of sp³-hybridized carbons (Fsp3) is 0.400. The van der Waals surface area contributed by atoms with Gasteiger partial charge in [0.1, 0.15) is 6.79 Å². The Bertz CT molecular complexity index is 646. The van der Waals surface area contributed by atoms with Gasteiger partial charge in [-0.05, 0) is 48.9 Å². The van der Waals surface area contributed by atoms with Crippen molar-refractivity contribution >= 4 is 15.9 Å². The molecule has 2 aromatic carbocycles. The lowest BCUT2D eigenvalue weighted by Crippen LogP contribution is -2.41. The molecule has 0 unspecified atom stereocenters. The molecule has 128 valence electrons. The standard InChI is InChI=1S/C20H23BrO3/c1-23-15-24-20(17-7-9-18(21)10-8-17)13-11-19(22,12-14-20)16-5-3-2-4-6-16/h2-10,22H,11-15H2,1H3. The van der Waals surface area contributed by atoms with Gasteiger partial charge in [0.05, 0.1) is 11.2 Å². The van der Waals surface area contributed by atoms with Crippen LogP contribution in [0.3, 0.4) is 0 Å². The Morgan fingerprint density at radius 3 is 2.12 bits per heavy atom. The van der Waals surface area contributed by atoms with Crippen molar-refractivity contribution in [1.82, 2.24) is 0 Å². The van der Waals surface area contributed by atoms with Gasteiger partial charge in [0, 0.05) is 11.6 Å². The molecule has 0 spiro atoms. The van der Waals surface area contributed by atoms with E-state index in [2.05, 4.69) is 28.1 Å². The van der Waals surface area contributed by atoms with E-state index in [0.29, 0.717) is 12.8 Å². The maximum atomic E-state index is 11.1. The van der Waals surface area contributed by atoms with Gasteiger partial charge in [0.2, 0.25) is 0 Å². The van der Waals surface area contributed by atoms with Crippen LogP contribution in [-0.2, 0) is 20.7 Å². The molecule has 2 aromatic rings. The summed E-state index contributed by atoms with van der Waals surface area (Å²) >= 11 is 3.48. The van der Waals surface area contributed by atoms with Gasteiger partial charge < -0.3 is 14.6 Å². The Kier molecular flexibility index (Phi) is 5.40. The summed E-state index contributed by atoms with van der Waals surface area (Å²) in [7, 11) is 1.64. The zero-order valence-electron chi connectivity index (χ0n) is 13.9. The smallest absolute Gasteiger partial charge is 0.147 e. The number of ether oxygens (including phenoxy) is 2. The first-order chi connectivity index (χ1) is 11.6. The lowest BCUT2D eigenvalue weighted by Gasteiger charge is -2.44. The van der Waals surface area contributed by atoms with E-state index in [1.54, 1.807) is 7.11 Å². The van der Waals surface area contributed by atoms with E-state index in [0.717, 1.165) is 28.4 Å². The molecule has 0 saturated heterocycles. The predicted octanol–water partition coefficient (Wildman–Crippen LogP) is 4.73. The van der Waals surface area contributed by atoms with Gasteiger partial charge >= 0.3 is 0 Å². The fourth-order valence-corrected chi connectivity index (χ4v) is 3.81. The van der Waals surface area contributed by atoms with Crippen LogP contribution < -0.4 is 0 Å². The minimum Gasteiger partial charge on any atom is -0.385 e. The van der Waals surface area contributed by atoms with Gasteiger partial charge in [-0.1, -0.05) is 58.4 Å². The highest BCUT2D eigenvalue weighted by Gasteiger charge is 2.44. The maximum Gasteiger partial charge on any atom is 0.147 e. The van der Waals surface area contributed by atoms with Gasteiger partial charge in [0.25, 0.3) is 0 Å². The molecular weight excluding hydrogens is 368 g/mol. The first-order valence-electron chi connectivity index (χ1n) is 8.25. The predicted molar refractivity (Wildman–Crippen MR) is 97.6 cm³/mol. The number of hydrogen-bond acceptors (Lipinski definition) is 3. The summed E-state index contributed by atoms with van der Waals surface area (Å²) < 4.78 is 12.3. The average Bonchev–Trinajstić information content (AvgIpc) is 2.63. The van der Waals surface area contributed by atoms with Gasteiger partial charge in [-0.3, -0.25) is 0 Å². The molecule has 24 heavy (non-hydrogen) atoms. The number of methoxy groups -OCH3 is 1. The van der Waals surface area contributed by atoms with E-state index in [9.17, 15) is 5.11 Å². The van der Waals surface area contributed by atoms with Gasteiger partial charge in [-0.15, -0.1) is 0 Å². The summed E-state index contributed by atoms with van der Waals surface area (Å²) in [6.45, 7) is 0.250. The van der Waals surface area contributed by atoms with Gasteiger partial charge in [-0.2, -0.15) is 0 Å². The number of rotatable bonds is 5. The monoisotopic (exact) mass is 390 g/mol. The molecular formula is C20H23BrO3. The molecule has 0 radical (unpaired) electrons. The highest BCUT2D eigenvalue weighted by Crippen LogP contribution is 2.47. The van der Waals surface area contributed by atoms with Gasteiger partial charge in [-0.25, -0.2) is 0 Å². The van der Waals surface area contributed by atoms with Crippen molar-refractivity contribution in [3.8, 4) is 0 Å². The van der Waals surface area contributed by atoms with Crippen LogP contribution in [0.1, 0.15) is 36.8 Å². The third kappa shape index (κ3) is 3.57. The Morgan fingerprint density at radius 1 is 0.917 bits per heavy atom. The zero-order valence-corrected chi connectivity index (χ0v) is 15.5. The summed E-state index contributed by atoms with van der Waals surface area (Å²) in [5, 5.41) is 11.1. The van der Waals surface area contributed by atoms with Crippen molar-refractivity contribution in [3.63, 3.8) is 0 Å². The first-order valence-corrected chi connectivity index (χ1v) is 9.04. The second-order valence-corrected chi connectivity index (χ2v) is 7.37. The Balaban J connectivity index is 1.84. The van der Waals surface area contributed by atoms with Crippen LogP contribution in [0, 0.1) is 0 Å². The molecule has 0 heterocycles. The normalized spacial score (nSPS) is 27.1. The lowest BCUT2D eigenvalue weighted by molar-refractivity contribution is -0.174. The molecule has 1 aliphatic carbocycles. The Labute approximate surface area is 151 Å². The van der Waals surface area contributed by atoms with Crippen LogP contribution in [0.15, 0.2) is 59.1 Å². The Hall–Kier alpha value is -1.20. The SMILES string of the molecule is COCOC1(c2ccc(Br)cc2)CCC(O)(c2ccccc2)CC1. The molecule has 0 bridgehead atoms. The van der Waals surface area contributed by atoms with E-state index >= 15 is 0 Å². The third-order valence-corrected chi connectivity index (χ3v) is 5.55. The maximum absolute atomic E-state index is 11.1. The van der Waals surface area contributed by atoms with Crippen molar-refractivity contribution in [2.75, 3.05) is 13.9 Å². The second kappa shape index (κ2) is 7.36. The van der Waals surface area contributed by atoms with Crippen LogP contribution >= 0.6 is 15.9 Å². The quantitative estimate of drug-likeness (QED) is 0.750. The molecule has 0 amide bonds. The van der Waals surface area contributed by atoms with Crippen LogP contribution in [0.25, 0.3) is 0 Å². The van der Waals surface area contributed by atoms with Crippen LogP contribution in [0.4, 0.5) is 0 Å². The molecule has 1 N–H and O–H groups in total. The highest BCUT2D eigenvalue weighted by molar-refractivity contribution is 9.10. The summed E-state index contributed by atoms with van der Waals surface area (Å²) in [4.78, 5) is 0. The third-order valence-electron chi connectivity index (χ3n) is 5.02. The summed E-state index contributed by atoms with van der Waals surface area (Å²) in [6, 6.07) is 18.2. The summed E-state index contributed by atoms with van der Waals surface area (Å²) in [6.07, 6.45) is 2.83. The van der Waals surface area contributed by atoms with E-state index in [-0.39, 0.29) is 6.79 Å². The van der Waals surface area contributed by atoms with Crippen LogP contribution in [-0.4, -0.2) is 19.0 Å². The fourth-order valence-electron chi connectivity index (χ4n) is 3.55. The lowest BCUT2D eigenvalue weighted by atomic mass is 9.70. The molecule has 1 saturated carbocycles. The Morgan fingerprint density at radius 2 is 1.54 bits per heavy atom. The summed E-state index contributed by atoms with van der Waals surface area (Å²) in [5.41, 5.74) is 0.938. The molecule has 1 fully saturated rings. The molecule has 3 nitrogen and oxygen atoms in total. The molecule has 0 aromatic heterocycles. The molecule has 0 aliphatic heterocycles. The minimum absolute atomic E-state index is 0.250. The van der Waals surface area contributed by atoms with Gasteiger partial charge in [0.15, 0.2) is 0 Å². The van der Waals surface area contributed by atoms with Crippen molar-refractivity contribution < 1.29 is 14.6 Å². The van der Waals surface area contributed by atoms with Crippen molar-refractivity contribution in [2.24, 2.45) is 0 Å². The van der Waals surface area contributed by atoms with Crippen molar-refractivity contribution in [2.45, 2.75) is 36.9 Å². The largest absolute Gasteiger partial charge is 0.385 e. The first kappa shape index (κ1) is 17.6. The van der Waals surface area contributed by atoms with E-state index < -0.39 is 11.2 Å². The average molecular weight is 391 g/mol. The molecule has 1 aliphatic rings. The zero-order chi connectivity index (χ0) is 17.0. The minimum atomic E-state index is -0.781. The van der Waals surface area contributed by atoms with Crippen LogP contribution in [0.5, 0.6) is 0 Å².